The number of sulfonamides is 2. The highest BCUT2D eigenvalue weighted by Crippen LogP contribution is 2.37. The number of aliphatic hydroxyl groups excluding tert-OH is 1. The maximum absolute atomic E-state index is 13.3. The molecule has 2 saturated heterocycles. The van der Waals surface area contributed by atoms with E-state index in [0.29, 0.717) is 39.0 Å². The van der Waals surface area contributed by atoms with Crippen LogP contribution >= 0.6 is 0 Å². The molecule has 0 bridgehead atoms. The van der Waals surface area contributed by atoms with E-state index in [1.54, 1.807) is 36.5 Å². The number of hydrogen-bond acceptors (Lipinski definition) is 9. The van der Waals surface area contributed by atoms with E-state index in [1.165, 1.54) is 22.5 Å². The maximum Gasteiger partial charge on any atom is 0.243 e. The quantitative estimate of drug-likeness (QED) is 0.275. The number of alkyl halides is 1. The van der Waals surface area contributed by atoms with Gasteiger partial charge in [-0.2, -0.15) is 4.31 Å². The molecule has 228 valence electrons. The first-order valence-electron chi connectivity index (χ1n) is 13.8. The second-order valence-electron chi connectivity index (χ2n) is 10.6. The van der Waals surface area contributed by atoms with Crippen molar-refractivity contribution in [3.8, 4) is 5.75 Å². The average Bonchev–Trinajstić information content (AvgIpc) is 3.40. The summed E-state index contributed by atoms with van der Waals surface area (Å²) in [6.07, 6.45) is 2.65. The van der Waals surface area contributed by atoms with Crippen molar-refractivity contribution in [3.63, 3.8) is 0 Å². The Bertz CT molecular complexity index is 1600. The lowest BCUT2D eigenvalue weighted by molar-refractivity contribution is -0.0312. The van der Waals surface area contributed by atoms with Gasteiger partial charge in [-0.25, -0.2) is 25.9 Å². The van der Waals surface area contributed by atoms with Gasteiger partial charge in [-0.15, -0.1) is 0 Å². The number of pyridine rings is 1. The summed E-state index contributed by atoms with van der Waals surface area (Å²) >= 11 is 0. The number of piperidine rings is 1. The molecule has 0 aliphatic carbocycles. The summed E-state index contributed by atoms with van der Waals surface area (Å²) in [5.41, 5.74) is 0.327. The van der Waals surface area contributed by atoms with Gasteiger partial charge >= 0.3 is 0 Å². The smallest absolute Gasteiger partial charge is 0.243 e. The van der Waals surface area contributed by atoms with E-state index < -0.39 is 38.4 Å². The summed E-state index contributed by atoms with van der Waals surface area (Å²) in [5, 5.41) is 14.5. The molecule has 11 nitrogen and oxygen atoms in total. The highest BCUT2D eigenvalue weighted by molar-refractivity contribution is 7.89. The van der Waals surface area contributed by atoms with Gasteiger partial charge in [-0.1, -0.05) is 12.1 Å². The lowest BCUT2D eigenvalue weighted by atomic mass is 9.88. The Labute approximate surface area is 245 Å². The van der Waals surface area contributed by atoms with Crippen LogP contribution in [0.15, 0.2) is 70.6 Å². The molecule has 2 aromatic carbocycles. The zero-order valence-electron chi connectivity index (χ0n) is 23.0. The minimum atomic E-state index is -3.85. The largest absolute Gasteiger partial charge is 0.491 e. The Kier molecular flexibility index (Phi) is 9.42. The van der Waals surface area contributed by atoms with Gasteiger partial charge in [0.2, 0.25) is 20.0 Å². The molecule has 1 spiro atoms. The molecule has 1 aromatic heterocycles. The lowest BCUT2D eigenvalue weighted by Crippen LogP contribution is -2.47. The van der Waals surface area contributed by atoms with Crippen LogP contribution < -0.4 is 14.8 Å². The van der Waals surface area contributed by atoms with Crippen LogP contribution in [-0.4, -0.2) is 95.0 Å². The van der Waals surface area contributed by atoms with Gasteiger partial charge in [0.05, 0.1) is 27.5 Å². The van der Waals surface area contributed by atoms with Gasteiger partial charge in [0.25, 0.3) is 0 Å². The van der Waals surface area contributed by atoms with E-state index in [2.05, 4.69) is 15.0 Å². The molecule has 3 N–H and O–H groups in total. The van der Waals surface area contributed by atoms with Crippen LogP contribution in [0.5, 0.6) is 5.75 Å². The van der Waals surface area contributed by atoms with E-state index in [1.807, 2.05) is 6.07 Å². The summed E-state index contributed by atoms with van der Waals surface area (Å²) in [4.78, 5) is 4.46. The predicted octanol–water partition coefficient (Wildman–Crippen LogP) is 1.82. The number of fused-ring (bicyclic) bond motifs is 1. The molecule has 0 saturated carbocycles. The summed E-state index contributed by atoms with van der Waals surface area (Å²) in [7, 11) is -7.49. The number of rotatable bonds is 12. The van der Waals surface area contributed by atoms with E-state index in [0.717, 1.165) is 10.9 Å². The van der Waals surface area contributed by atoms with Gasteiger partial charge < -0.3 is 19.9 Å². The molecule has 14 heteroatoms. The molecule has 5 rings (SSSR count). The second-order valence-corrected chi connectivity index (χ2v) is 14.3. The van der Waals surface area contributed by atoms with Crippen LogP contribution in [0.1, 0.15) is 19.3 Å². The van der Waals surface area contributed by atoms with E-state index in [9.17, 15) is 26.3 Å². The SMILES string of the molecule is O=S(=O)(NCCF)c1cccc(OCC(O)CNC2COC3(CCN(S(=O)(=O)c4ccc5ncccc5c4)CC3)C2)c1. The zero-order valence-corrected chi connectivity index (χ0v) is 24.6. The Hall–Kier alpha value is -2.72. The highest BCUT2D eigenvalue weighted by atomic mass is 32.2. The van der Waals surface area contributed by atoms with Crippen molar-refractivity contribution in [2.45, 2.75) is 46.8 Å². The first-order chi connectivity index (χ1) is 20.1. The molecule has 2 atom stereocenters. The normalized spacial score (nSPS) is 20.2. The number of halogens is 1. The number of hydrogen-bond donors (Lipinski definition) is 3. The van der Waals surface area contributed by atoms with E-state index >= 15 is 0 Å². The fourth-order valence-electron chi connectivity index (χ4n) is 5.36. The molecule has 3 aromatic rings. The molecule has 3 heterocycles. The fourth-order valence-corrected chi connectivity index (χ4v) is 7.88. The average molecular weight is 623 g/mol. The van der Waals surface area contributed by atoms with Crippen molar-refractivity contribution in [2.75, 3.05) is 46.1 Å². The van der Waals surface area contributed by atoms with Gasteiger partial charge in [-0.3, -0.25) is 4.98 Å². The monoisotopic (exact) mass is 622 g/mol. The topological polar surface area (TPSA) is 147 Å². The third-order valence-corrected chi connectivity index (χ3v) is 11.0. The Morgan fingerprint density at radius 1 is 1.10 bits per heavy atom. The third-order valence-electron chi connectivity index (χ3n) is 7.64. The summed E-state index contributed by atoms with van der Waals surface area (Å²) < 4.78 is 78.8. The first kappa shape index (κ1) is 30.7. The molecule has 0 radical (unpaired) electrons. The van der Waals surface area contributed by atoms with Gasteiger partial charge in [0.15, 0.2) is 0 Å². The van der Waals surface area contributed by atoms with Crippen LogP contribution in [0.2, 0.25) is 0 Å². The summed E-state index contributed by atoms with van der Waals surface area (Å²) in [6, 6.07) is 14.4. The molecule has 42 heavy (non-hydrogen) atoms. The number of benzene rings is 2. The number of nitrogens with zero attached hydrogens (tertiary/aromatic N) is 2. The molecule has 2 unspecified atom stereocenters. The molecule has 2 aliphatic heterocycles. The Morgan fingerprint density at radius 3 is 2.69 bits per heavy atom. The number of aliphatic hydroxyl groups is 1. The summed E-state index contributed by atoms with van der Waals surface area (Å²) in [5.74, 6) is 0.266. The van der Waals surface area contributed by atoms with Crippen molar-refractivity contribution >= 4 is 30.9 Å². The molecular formula is C28H35FN4O7S2. The fraction of sp³-hybridized carbons (Fsp3) is 0.464. The number of aromatic nitrogens is 1. The van der Waals surface area contributed by atoms with Gasteiger partial charge in [0.1, 0.15) is 25.1 Å². The van der Waals surface area contributed by atoms with Crippen LogP contribution in [0.25, 0.3) is 10.9 Å². The Balaban J connectivity index is 1.08. The number of ether oxygens (including phenoxy) is 2. The van der Waals surface area contributed by atoms with Crippen molar-refractivity contribution < 1.29 is 35.8 Å². The standard InChI is InChI=1S/C28H35FN4O7S2/c29-10-12-32-41(35,36)25-5-1-4-24(16-25)39-20-23(34)18-31-22-17-28(40-19-22)8-13-33(14-9-28)42(37,38)26-6-7-27-21(15-26)3-2-11-30-27/h1-7,11,15-16,22-23,31-32,34H,8-10,12-14,17-20H2. The minimum Gasteiger partial charge on any atom is -0.491 e. The Morgan fingerprint density at radius 2 is 1.90 bits per heavy atom. The van der Waals surface area contributed by atoms with Crippen molar-refractivity contribution in [1.82, 2.24) is 19.3 Å². The molecule has 2 aliphatic rings. The first-order valence-corrected chi connectivity index (χ1v) is 16.7. The minimum absolute atomic E-state index is 0.00848. The van der Waals surface area contributed by atoms with Crippen molar-refractivity contribution in [2.24, 2.45) is 0 Å². The maximum atomic E-state index is 13.3. The summed E-state index contributed by atoms with van der Waals surface area (Å²) in [6.45, 7) is 0.201. The molecule has 2 fully saturated rings. The van der Waals surface area contributed by atoms with Crippen molar-refractivity contribution in [1.29, 1.82) is 0 Å². The van der Waals surface area contributed by atoms with Crippen LogP contribution in [0.4, 0.5) is 4.39 Å². The van der Waals surface area contributed by atoms with E-state index in [4.69, 9.17) is 9.47 Å². The van der Waals surface area contributed by atoms with Crippen molar-refractivity contribution in [3.05, 3.63) is 60.8 Å². The van der Waals surface area contributed by atoms with Crippen LogP contribution in [-0.2, 0) is 24.8 Å². The third kappa shape index (κ3) is 7.08. The van der Waals surface area contributed by atoms with Gasteiger partial charge in [-0.05, 0) is 55.7 Å². The lowest BCUT2D eigenvalue weighted by Gasteiger charge is -2.38. The zero-order chi connectivity index (χ0) is 29.8. The van der Waals surface area contributed by atoms with Crippen LogP contribution in [0.3, 0.4) is 0 Å². The molecular weight excluding hydrogens is 587 g/mol. The predicted molar refractivity (Wildman–Crippen MR) is 154 cm³/mol. The van der Waals surface area contributed by atoms with Gasteiger partial charge in [0, 0.05) is 49.9 Å². The number of nitrogens with one attached hydrogen (secondary N) is 2. The molecule has 0 amide bonds. The van der Waals surface area contributed by atoms with Crippen LogP contribution in [0, 0.1) is 0 Å². The van der Waals surface area contributed by atoms with E-state index in [-0.39, 0.29) is 41.3 Å². The second kappa shape index (κ2) is 12.9. The highest BCUT2D eigenvalue weighted by Gasteiger charge is 2.44.